The van der Waals surface area contributed by atoms with E-state index in [0.29, 0.717) is 44.1 Å². The van der Waals surface area contributed by atoms with Crippen LogP contribution in [-0.2, 0) is 0 Å². The zero-order valence-electron chi connectivity index (χ0n) is 12.2. The largest absolute Gasteiger partial charge is 0.391 e. The monoisotopic (exact) mass is 346 g/mol. The highest BCUT2D eigenvalue weighted by atomic mass is 35.5. The maximum absolute atomic E-state index is 10.8. The molecule has 2 fully saturated rings. The number of nitriles is 1. The van der Waals surface area contributed by atoms with Crippen molar-refractivity contribution in [2.24, 2.45) is 11.8 Å². The molecular weight excluding hydrogens is 327 g/mol. The molecule has 0 aromatic rings. The highest BCUT2D eigenvalue weighted by molar-refractivity contribution is 6.24. The molecule has 0 radical (unpaired) electrons. The fourth-order valence-corrected chi connectivity index (χ4v) is 4.33. The van der Waals surface area contributed by atoms with Crippen molar-refractivity contribution in [1.29, 1.82) is 5.26 Å². The van der Waals surface area contributed by atoms with Crippen LogP contribution in [0.5, 0.6) is 0 Å². The molecule has 0 spiro atoms. The Bertz CT molecular complexity index is 484. The van der Waals surface area contributed by atoms with Gasteiger partial charge < -0.3 is 5.11 Å². The summed E-state index contributed by atoms with van der Waals surface area (Å²) in [5.41, 5.74) is 0.612. The quantitative estimate of drug-likeness (QED) is 0.367. The lowest BCUT2D eigenvalue weighted by atomic mass is 9.78. The van der Waals surface area contributed by atoms with Gasteiger partial charge in [-0.15, -0.1) is 23.2 Å². The van der Waals surface area contributed by atoms with Gasteiger partial charge in [0, 0.05) is 34.6 Å². The minimum atomic E-state index is -0.699. The van der Waals surface area contributed by atoms with Crippen LogP contribution in [0, 0.1) is 33.3 Å². The molecule has 2 aliphatic carbocycles. The Labute approximate surface area is 140 Å². The number of nitrogens with zero attached hydrogens (tertiary/aromatic N) is 2. The third-order valence-corrected chi connectivity index (χ3v) is 5.57. The first-order valence-corrected chi connectivity index (χ1v) is 8.51. The highest BCUT2D eigenvalue weighted by Crippen LogP contribution is 2.36. The molecule has 4 unspecified atom stereocenters. The second-order valence-corrected chi connectivity index (χ2v) is 7.44. The lowest BCUT2D eigenvalue weighted by Crippen LogP contribution is -2.38. The number of hydrogen-bond donors (Lipinski definition) is 1. The number of hydrogen-bond acceptors (Lipinski definition) is 4. The number of nitro groups is 1. The predicted octanol–water partition coefficient (Wildman–Crippen LogP) is 3.26. The number of alkyl halides is 2. The van der Waals surface area contributed by atoms with Crippen LogP contribution in [-0.4, -0.2) is 32.9 Å². The van der Waals surface area contributed by atoms with Crippen molar-refractivity contribution < 1.29 is 10.0 Å². The van der Waals surface area contributed by atoms with E-state index in [1.165, 1.54) is 0 Å². The third kappa shape index (κ3) is 4.13. The van der Waals surface area contributed by atoms with Crippen LogP contribution in [0.25, 0.3) is 0 Å². The molecule has 0 aromatic heterocycles. The molecule has 0 heterocycles. The number of allylic oxidation sites excluding steroid dienone is 1. The van der Waals surface area contributed by atoms with Gasteiger partial charge in [-0.05, 0) is 31.6 Å². The third-order valence-electron chi connectivity index (χ3n) is 4.78. The van der Waals surface area contributed by atoms with Crippen molar-refractivity contribution in [2.75, 3.05) is 0 Å². The van der Waals surface area contributed by atoms with Gasteiger partial charge in [-0.25, -0.2) is 0 Å². The van der Waals surface area contributed by atoms with Crippen LogP contribution < -0.4 is 0 Å². The number of rotatable bonds is 3. The van der Waals surface area contributed by atoms with Gasteiger partial charge in [0.15, 0.2) is 0 Å². The predicted molar refractivity (Wildman–Crippen MR) is 84.4 cm³/mol. The van der Waals surface area contributed by atoms with Gasteiger partial charge in [-0.1, -0.05) is 6.08 Å². The van der Waals surface area contributed by atoms with Crippen LogP contribution in [0.2, 0.25) is 0 Å². The molecule has 1 N–H and O–H groups in total. The summed E-state index contributed by atoms with van der Waals surface area (Å²) in [5, 5.41) is 29.9. The van der Waals surface area contributed by atoms with Crippen molar-refractivity contribution in [2.45, 2.75) is 61.4 Å². The van der Waals surface area contributed by atoms with Gasteiger partial charge in [-0.2, -0.15) is 5.26 Å². The average Bonchev–Trinajstić information content (AvgIpc) is 2.49. The van der Waals surface area contributed by atoms with E-state index in [2.05, 4.69) is 6.07 Å². The molecule has 5 nitrogen and oxygen atoms in total. The summed E-state index contributed by atoms with van der Waals surface area (Å²) < 4.78 is 0. The molecule has 0 aliphatic heterocycles. The van der Waals surface area contributed by atoms with Gasteiger partial charge in [-0.3, -0.25) is 10.1 Å². The minimum Gasteiger partial charge on any atom is -0.391 e. The Morgan fingerprint density at radius 2 is 1.91 bits per heavy atom. The lowest BCUT2D eigenvalue weighted by molar-refractivity contribution is -0.526. The van der Waals surface area contributed by atoms with Gasteiger partial charge in [0.1, 0.15) is 0 Å². The first-order chi connectivity index (χ1) is 10.4. The summed E-state index contributed by atoms with van der Waals surface area (Å²) in [6, 6.07) is 1.72. The van der Waals surface area contributed by atoms with E-state index >= 15 is 0 Å². The Morgan fingerprint density at radius 3 is 2.45 bits per heavy atom. The molecule has 122 valence electrons. The average molecular weight is 347 g/mol. The minimum absolute atomic E-state index is 0.0397. The smallest absolute Gasteiger partial charge is 0.213 e. The van der Waals surface area contributed by atoms with E-state index in [0.717, 1.165) is 0 Å². The lowest BCUT2D eigenvalue weighted by Gasteiger charge is -2.33. The molecule has 0 aromatic carbocycles. The fraction of sp³-hybridized carbons (Fsp3) is 0.800. The van der Waals surface area contributed by atoms with Crippen LogP contribution in [0.3, 0.4) is 0 Å². The van der Waals surface area contributed by atoms with Crippen LogP contribution in [0.15, 0.2) is 11.6 Å². The van der Waals surface area contributed by atoms with E-state index in [9.17, 15) is 20.5 Å². The summed E-state index contributed by atoms with van der Waals surface area (Å²) in [7, 11) is 0. The SMILES string of the molecule is N#C/C(=C\C1CC(Cl)CC(Cl)C1O)C1CCC([N+](=O)[O-])CC1. The van der Waals surface area contributed by atoms with Crippen molar-refractivity contribution >= 4 is 23.2 Å². The standard InChI is InChI=1S/C15H20Cl2N2O3/c16-12-6-10(15(20)14(17)7-12)5-11(8-18)9-1-3-13(4-2-9)19(21)22/h5,9-10,12-15,20H,1-4,6-7H2/b11-5+. The fourth-order valence-electron chi connectivity index (χ4n) is 3.44. The van der Waals surface area contributed by atoms with Crippen molar-refractivity contribution in [3.8, 4) is 6.07 Å². The maximum Gasteiger partial charge on any atom is 0.213 e. The zero-order chi connectivity index (χ0) is 16.3. The Kier molecular flexibility index (Phi) is 6.08. The number of aliphatic hydroxyl groups excluding tert-OH is 1. The molecule has 7 heteroatoms. The molecule has 4 atom stereocenters. The maximum atomic E-state index is 10.8. The highest BCUT2D eigenvalue weighted by Gasteiger charge is 2.35. The molecule has 0 amide bonds. The zero-order valence-corrected chi connectivity index (χ0v) is 13.7. The molecule has 0 saturated heterocycles. The van der Waals surface area contributed by atoms with Gasteiger partial charge in [0.25, 0.3) is 0 Å². The molecule has 2 saturated carbocycles. The number of aliphatic hydroxyl groups is 1. The van der Waals surface area contributed by atoms with Crippen LogP contribution in [0.4, 0.5) is 0 Å². The second kappa shape index (κ2) is 7.63. The molecule has 2 rings (SSSR count). The Hall–Kier alpha value is -0.830. The van der Waals surface area contributed by atoms with Crippen molar-refractivity contribution in [3.05, 3.63) is 21.8 Å². The molecule has 2 aliphatic rings. The summed E-state index contributed by atoms with van der Waals surface area (Å²) in [4.78, 5) is 10.6. The van der Waals surface area contributed by atoms with Crippen LogP contribution >= 0.6 is 23.2 Å². The Morgan fingerprint density at radius 1 is 1.27 bits per heavy atom. The molecular formula is C15H20Cl2N2O3. The Balaban J connectivity index is 2.05. The van der Waals surface area contributed by atoms with E-state index in [4.69, 9.17) is 23.2 Å². The van der Waals surface area contributed by atoms with Gasteiger partial charge in [0.2, 0.25) is 6.04 Å². The van der Waals surface area contributed by atoms with Gasteiger partial charge in [0.05, 0.1) is 17.6 Å². The molecule has 0 bridgehead atoms. The van der Waals surface area contributed by atoms with E-state index in [1.807, 2.05) is 0 Å². The first-order valence-electron chi connectivity index (χ1n) is 7.63. The van der Waals surface area contributed by atoms with E-state index < -0.39 is 17.5 Å². The summed E-state index contributed by atoms with van der Waals surface area (Å²) >= 11 is 12.3. The summed E-state index contributed by atoms with van der Waals surface area (Å²) in [6.45, 7) is 0. The first kappa shape index (κ1) is 17.5. The van der Waals surface area contributed by atoms with Gasteiger partial charge >= 0.3 is 0 Å². The topological polar surface area (TPSA) is 87.2 Å². The summed E-state index contributed by atoms with van der Waals surface area (Å²) in [5.74, 6) is -0.181. The van der Waals surface area contributed by atoms with Crippen LogP contribution in [0.1, 0.15) is 38.5 Å². The van der Waals surface area contributed by atoms with E-state index in [-0.39, 0.29) is 22.1 Å². The normalized spacial score (nSPS) is 40.0. The molecule has 22 heavy (non-hydrogen) atoms. The van der Waals surface area contributed by atoms with Crippen molar-refractivity contribution in [1.82, 2.24) is 0 Å². The van der Waals surface area contributed by atoms with Crippen molar-refractivity contribution in [3.63, 3.8) is 0 Å². The van der Waals surface area contributed by atoms with E-state index in [1.54, 1.807) is 6.08 Å². The number of halogens is 2. The summed E-state index contributed by atoms with van der Waals surface area (Å²) in [6.07, 6.45) is 4.54. The second-order valence-electron chi connectivity index (χ2n) is 6.26.